The van der Waals surface area contributed by atoms with Crippen molar-refractivity contribution in [1.82, 2.24) is 5.32 Å². The number of carboxylic acids is 1. The number of aliphatic hydroxyl groups is 1. The standard InChI is InChI=1S/C13H17NO5/c1-8-3-4-11(19-2)9(5-8)6-12(16)14-10(7-15)13(17)18/h3-5,10,15H,6-7H2,1-2H3,(H,14,16)(H,17,18). The molecule has 1 unspecified atom stereocenters. The predicted molar refractivity (Wildman–Crippen MR) is 68.1 cm³/mol. The minimum atomic E-state index is -1.29. The number of hydrogen-bond acceptors (Lipinski definition) is 4. The first-order chi connectivity index (χ1) is 8.97. The highest BCUT2D eigenvalue weighted by atomic mass is 16.5. The molecule has 3 N–H and O–H groups in total. The van der Waals surface area contributed by atoms with Crippen LogP contribution in [-0.4, -0.2) is 41.8 Å². The zero-order valence-corrected chi connectivity index (χ0v) is 10.8. The Balaban J connectivity index is 2.76. The number of methoxy groups -OCH3 is 1. The third-order valence-corrected chi connectivity index (χ3v) is 2.60. The van der Waals surface area contributed by atoms with E-state index in [9.17, 15) is 9.59 Å². The molecule has 0 spiro atoms. The van der Waals surface area contributed by atoms with E-state index in [1.165, 1.54) is 7.11 Å². The summed E-state index contributed by atoms with van der Waals surface area (Å²) < 4.78 is 5.13. The van der Waals surface area contributed by atoms with Gasteiger partial charge in [0.05, 0.1) is 20.1 Å². The number of ether oxygens (including phenoxy) is 1. The fourth-order valence-electron chi connectivity index (χ4n) is 1.65. The first-order valence-electron chi connectivity index (χ1n) is 5.74. The van der Waals surface area contributed by atoms with Gasteiger partial charge in [-0.05, 0) is 13.0 Å². The lowest BCUT2D eigenvalue weighted by Gasteiger charge is -2.13. The van der Waals surface area contributed by atoms with Crippen molar-refractivity contribution in [3.63, 3.8) is 0 Å². The van der Waals surface area contributed by atoms with Gasteiger partial charge in [-0.15, -0.1) is 0 Å². The summed E-state index contributed by atoms with van der Waals surface area (Å²) in [4.78, 5) is 22.4. The largest absolute Gasteiger partial charge is 0.496 e. The van der Waals surface area contributed by atoms with E-state index in [0.29, 0.717) is 11.3 Å². The molecule has 0 aliphatic heterocycles. The third kappa shape index (κ3) is 4.26. The minimum Gasteiger partial charge on any atom is -0.496 e. The van der Waals surface area contributed by atoms with E-state index in [4.69, 9.17) is 14.9 Å². The molecule has 1 amide bonds. The molecule has 0 bridgehead atoms. The molecule has 1 aromatic carbocycles. The van der Waals surface area contributed by atoms with Crippen molar-refractivity contribution in [3.05, 3.63) is 29.3 Å². The Morgan fingerprint density at radius 1 is 1.42 bits per heavy atom. The van der Waals surface area contributed by atoms with Gasteiger partial charge >= 0.3 is 5.97 Å². The van der Waals surface area contributed by atoms with E-state index in [2.05, 4.69) is 5.32 Å². The highest BCUT2D eigenvalue weighted by Gasteiger charge is 2.19. The Labute approximate surface area is 111 Å². The van der Waals surface area contributed by atoms with Crippen LogP contribution in [0.5, 0.6) is 5.75 Å². The molecule has 1 atom stereocenters. The van der Waals surface area contributed by atoms with E-state index >= 15 is 0 Å². The monoisotopic (exact) mass is 267 g/mol. The molecule has 0 saturated carbocycles. The molecule has 6 nitrogen and oxygen atoms in total. The van der Waals surface area contributed by atoms with Crippen molar-refractivity contribution in [3.8, 4) is 5.75 Å². The fourth-order valence-corrected chi connectivity index (χ4v) is 1.65. The number of carboxylic acid groups (broad SMARTS) is 1. The third-order valence-electron chi connectivity index (χ3n) is 2.60. The Bertz CT molecular complexity index is 472. The van der Waals surface area contributed by atoms with Crippen LogP contribution in [0.4, 0.5) is 0 Å². The maximum absolute atomic E-state index is 11.7. The van der Waals surface area contributed by atoms with Crippen molar-refractivity contribution in [2.45, 2.75) is 19.4 Å². The SMILES string of the molecule is COc1ccc(C)cc1CC(=O)NC(CO)C(=O)O. The maximum atomic E-state index is 11.7. The van der Waals surface area contributed by atoms with Gasteiger partial charge in [0.2, 0.25) is 5.91 Å². The molecule has 1 aromatic rings. The fraction of sp³-hybridized carbons (Fsp3) is 0.385. The van der Waals surface area contributed by atoms with Crippen LogP contribution in [0.2, 0.25) is 0 Å². The molecule has 6 heteroatoms. The summed E-state index contributed by atoms with van der Waals surface area (Å²) in [5, 5.41) is 19.8. The Morgan fingerprint density at radius 2 is 2.11 bits per heavy atom. The Kier molecular flexibility index (Phi) is 5.32. The number of amides is 1. The molecular formula is C13H17NO5. The summed E-state index contributed by atoms with van der Waals surface area (Å²) >= 11 is 0. The Hall–Kier alpha value is -2.08. The second-order valence-corrected chi connectivity index (χ2v) is 4.13. The quantitative estimate of drug-likeness (QED) is 0.679. The summed E-state index contributed by atoms with van der Waals surface area (Å²) in [6.07, 6.45) is -0.00532. The van der Waals surface area contributed by atoms with Crippen molar-refractivity contribution in [2.75, 3.05) is 13.7 Å². The number of nitrogens with one attached hydrogen (secondary N) is 1. The highest BCUT2D eigenvalue weighted by Crippen LogP contribution is 2.20. The van der Waals surface area contributed by atoms with Gasteiger partial charge in [-0.2, -0.15) is 0 Å². The summed E-state index contributed by atoms with van der Waals surface area (Å²) in [6, 6.07) is 4.11. The summed E-state index contributed by atoms with van der Waals surface area (Å²) in [5.41, 5.74) is 1.64. The van der Waals surface area contributed by atoms with Gasteiger partial charge in [-0.3, -0.25) is 4.79 Å². The first-order valence-corrected chi connectivity index (χ1v) is 5.74. The van der Waals surface area contributed by atoms with Crippen LogP contribution < -0.4 is 10.1 Å². The molecule has 0 aliphatic carbocycles. The normalized spacial score (nSPS) is 11.7. The smallest absolute Gasteiger partial charge is 0.328 e. The number of aliphatic hydroxyl groups excluding tert-OH is 1. The molecule has 0 radical (unpaired) electrons. The van der Waals surface area contributed by atoms with E-state index in [1.54, 1.807) is 12.1 Å². The average molecular weight is 267 g/mol. The van der Waals surface area contributed by atoms with Gasteiger partial charge in [0.1, 0.15) is 11.8 Å². The average Bonchev–Trinajstić information content (AvgIpc) is 2.35. The molecule has 19 heavy (non-hydrogen) atoms. The minimum absolute atomic E-state index is 0.00532. The van der Waals surface area contributed by atoms with Crippen LogP contribution in [0.1, 0.15) is 11.1 Å². The first kappa shape index (κ1) is 15.0. The molecule has 0 heterocycles. The van der Waals surface area contributed by atoms with Crippen LogP contribution >= 0.6 is 0 Å². The zero-order chi connectivity index (χ0) is 14.4. The van der Waals surface area contributed by atoms with Crippen LogP contribution in [0.3, 0.4) is 0 Å². The van der Waals surface area contributed by atoms with Crippen molar-refractivity contribution in [2.24, 2.45) is 0 Å². The zero-order valence-electron chi connectivity index (χ0n) is 10.8. The van der Waals surface area contributed by atoms with Crippen LogP contribution in [0.15, 0.2) is 18.2 Å². The lowest BCUT2D eigenvalue weighted by molar-refractivity contribution is -0.142. The molecular weight excluding hydrogens is 250 g/mol. The van der Waals surface area contributed by atoms with E-state index in [0.717, 1.165) is 5.56 Å². The van der Waals surface area contributed by atoms with E-state index in [-0.39, 0.29) is 6.42 Å². The summed E-state index contributed by atoms with van der Waals surface area (Å²) in [7, 11) is 1.50. The number of aryl methyl sites for hydroxylation is 1. The van der Waals surface area contributed by atoms with Crippen molar-refractivity contribution in [1.29, 1.82) is 0 Å². The molecule has 104 valence electrons. The number of carbonyl (C=O) groups is 2. The van der Waals surface area contributed by atoms with Gasteiger partial charge in [-0.25, -0.2) is 4.79 Å². The molecule has 0 fully saturated rings. The summed E-state index contributed by atoms with van der Waals surface area (Å²) in [5.74, 6) is -1.19. The maximum Gasteiger partial charge on any atom is 0.328 e. The molecule has 0 aromatic heterocycles. The van der Waals surface area contributed by atoms with Crippen LogP contribution in [0.25, 0.3) is 0 Å². The van der Waals surface area contributed by atoms with E-state index in [1.807, 2.05) is 13.0 Å². The number of rotatable bonds is 6. The van der Waals surface area contributed by atoms with E-state index < -0.39 is 24.5 Å². The van der Waals surface area contributed by atoms with Gasteiger partial charge in [0, 0.05) is 5.56 Å². The van der Waals surface area contributed by atoms with Gasteiger partial charge in [-0.1, -0.05) is 17.7 Å². The second kappa shape index (κ2) is 6.75. The molecule has 0 saturated heterocycles. The predicted octanol–water partition coefficient (Wildman–Crippen LogP) is 0.108. The Morgan fingerprint density at radius 3 is 2.63 bits per heavy atom. The second-order valence-electron chi connectivity index (χ2n) is 4.13. The van der Waals surface area contributed by atoms with Gasteiger partial charge in [0.15, 0.2) is 0 Å². The van der Waals surface area contributed by atoms with Gasteiger partial charge in [0.25, 0.3) is 0 Å². The topological polar surface area (TPSA) is 95.9 Å². The van der Waals surface area contributed by atoms with Crippen molar-refractivity contribution >= 4 is 11.9 Å². The van der Waals surface area contributed by atoms with Crippen LogP contribution in [0, 0.1) is 6.92 Å². The number of hydrogen-bond donors (Lipinski definition) is 3. The number of benzene rings is 1. The molecule has 0 aliphatic rings. The lowest BCUT2D eigenvalue weighted by atomic mass is 10.1. The molecule has 1 rings (SSSR count). The number of aliphatic carboxylic acids is 1. The summed E-state index contributed by atoms with van der Waals surface area (Å²) in [6.45, 7) is 1.24. The van der Waals surface area contributed by atoms with Gasteiger partial charge < -0.3 is 20.3 Å². The highest BCUT2D eigenvalue weighted by molar-refractivity contribution is 5.85. The number of carbonyl (C=O) groups excluding carboxylic acids is 1. The van der Waals surface area contributed by atoms with Crippen LogP contribution in [-0.2, 0) is 16.0 Å². The van der Waals surface area contributed by atoms with Crippen molar-refractivity contribution < 1.29 is 24.5 Å². The lowest BCUT2D eigenvalue weighted by Crippen LogP contribution is -2.43.